The number of carbonyl (C=O) groups excluding carboxylic acids is 1. The van der Waals surface area contributed by atoms with Crippen molar-refractivity contribution in [2.24, 2.45) is 5.92 Å². The van der Waals surface area contributed by atoms with E-state index >= 15 is 0 Å². The van der Waals surface area contributed by atoms with Crippen molar-refractivity contribution < 1.29 is 9.90 Å². The van der Waals surface area contributed by atoms with E-state index in [9.17, 15) is 4.79 Å². The summed E-state index contributed by atoms with van der Waals surface area (Å²) in [5.41, 5.74) is 3.72. The topological polar surface area (TPSA) is 57.8 Å². The molecule has 3 aromatic rings. The van der Waals surface area contributed by atoms with Gasteiger partial charge in [-0.3, -0.25) is 4.79 Å². The average Bonchev–Trinajstić information content (AvgIpc) is 3.29. The van der Waals surface area contributed by atoms with Gasteiger partial charge in [-0.2, -0.15) is 5.10 Å². The van der Waals surface area contributed by atoms with E-state index in [2.05, 4.69) is 17.2 Å². The first kappa shape index (κ1) is 15.8. The number of benzene rings is 1. The zero-order valence-corrected chi connectivity index (χ0v) is 14.0. The standard InChI is InChI=1S/C20H21N3O2/c24-14-16-6-4-15(5-7-16)11-17-8-10-22(13-17)20(25)18-12-21-23-9-2-1-3-19(18)23/h1-7,9,12,17,24H,8,10-11,13-14H2. The van der Waals surface area contributed by atoms with Crippen molar-refractivity contribution in [3.63, 3.8) is 0 Å². The highest BCUT2D eigenvalue weighted by atomic mass is 16.3. The van der Waals surface area contributed by atoms with Gasteiger partial charge in [0, 0.05) is 19.3 Å². The normalized spacial score (nSPS) is 17.3. The van der Waals surface area contributed by atoms with E-state index in [0.29, 0.717) is 11.5 Å². The molecule has 0 bridgehead atoms. The van der Waals surface area contributed by atoms with Crippen LogP contribution in [0.25, 0.3) is 5.52 Å². The molecule has 5 heteroatoms. The number of hydrogen-bond acceptors (Lipinski definition) is 3. The third-order valence-corrected chi connectivity index (χ3v) is 4.96. The molecule has 0 spiro atoms. The minimum Gasteiger partial charge on any atom is -0.392 e. The number of fused-ring (bicyclic) bond motifs is 1. The van der Waals surface area contributed by atoms with Gasteiger partial charge < -0.3 is 10.0 Å². The second-order valence-corrected chi connectivity index (χ2v) is 6.67. The molecule has 128 valence electrons. The van der Waals surface area contributed by atoms with Gasteiger partial charge in [0.05, 0.1) is 23.9 Å². The summed E-state index contributed by atoms with van der Waals surface area (Å²) in [5.74, 6) is 0.546. The van der Waals surface area contributed by atoms with Gasteiger partial charge in [-0.25, -0.2) is 4.52 Å². The van der Waals surface area contributed by atoms with E-state index in [0.717, 1.165) is 37.0 Å². The third kappa shape index (κ3) is 3.15. The molecule has 3 heterocycles. The molecular formula is C20H21N3O2. The van der Waals surface area contributed by atoms with E-state index in [1.54, 1.807) is 10.7 Å². The van der Waals surface area contributed by atoms with Gasteiger partial charge in [0.1, 0.15) is 0 Å². The predicted octanol–water partition coefficient (Wildman–Crippen LogP) is 2.53. The van der Waals surface area contributed by atoms with E-state index in [4.69, 9.17) is 5.11 Å². The van der Waals surface area contributed by atoms with Crippen LogP contribution in [-0.4, -0.2) is 38.6 Å². The van der Waals surface area contributed by atoms with Gasteiger partial charge >= 0.3 is 0 Å². The van der Waals surface area contributed by atoms with Crippen LogP contribution in [0.5, 0.6) is 0 Å². The van der Waals surface area contributed by atoms with Crippen molar-refractivity contribution in [2.75, 3.05) is 13.1 Å². The van der Waals surface area contributed by atoms with Crippen molar-refractivity contribution in [3.8, 4) is 0 Å². The Hall–Kier alpha value is -2.66. The smallest absolute Gasteiger partial charge is 0.257 e. The summed E-state index contributed by atoms with van der Waals surface area (Å²) in [6.07, 6.45) is 5.50. The lowest BCUT2D eigenvalue weighted by Crippen LogP contribution is -2.28. The molecule has 1 amide bonds. The Morgan fingerprint density at radius 3 is 2.76 bits per heavy atom. The van der Waals surface area contributed by atoms with Crippen molar-refractivity contribution in [3.05, 3.63) is 71.5 Å². The number of carbonyl (C=O) groups is 1. The fourth-order valence-corrected chi connectivity index (χ4v) is 3.57. The molecule has 1 saturated heterocycles. The third-order valence-electron chi connectivity index (χ3n) is 4.96. The number of aliphatic hydroxyl groups excluding tert-OH is 1. The fraction of sp³-hybridized carbons (Fsp3) is 0.300. The molecular weight excluding hydrogens is 314 g/mol. The quantitative estimate of drug-likeness (QED) is 0.797. The van der Waals surface area contributed by atoms with Gasteiger partial charge in [-0.15, -0.1) is 0 Å². The lowest BCUT2D eigenvalue weighted by atomic mass is 9.98. The van der Waals surface area contributed by atoms with E-state index < -0.39 is 0 Å². The highest BCUT2D eigenvalue weighted by molar-refractivity contribution is 6.00. The largest absolute Gasteiger partial charge is 0.392 e. The molecule has 1 aromatic carbocycles. The summed E-state index contributed by atoms with van der Waals surface area (Å²) in [5, 5.41) is 13.4. The molecule has 2 aromatic heterocycles. The molecule has 1 N–H and O–H groups in total. The van der Waals surface area contributed by atoms with Gasteiger partial charge in [-0.05, 0) is 42.0 Å². The second-order valence-electron chi connectivity index (χ2n) is 6.67. The van der Waals surface area contributed by atoms with Gasteiger partial charge in [-0.1, -0.05) is 30.3 Å². The molecule has 1 aliphatic heterocycles. The average molecular weight is 335 g/mol. The molecule has 1 aliphatic rings. The monoisotopic (exact) mass is 335 g/mol. The van der Waals surface area contributed by atoms with Crippen molar-refractivity contribution in [2.45, 2.75) is 19.4 Å². The number of aromatic nitrogens is 2. The van der Waals surface area contributed by atoms with Crippen LogP contribution in [0.2, 0.25) is 0 Å². The van der Waals surface area contributed by atoms with Crippen molar-refractivity contribution >= 4 is 11.4 Å². The first-order chi connectivity index (χ1) is 12.2. The summed E-state index contributed by atoms with van der Waals surface area (Å²) in [7, 11) is 0. The van der Waals surface area contributed by atoms with Gasteiger partial charge in [0.2, 0.25) is 0 Å². The van der Waals surface area contributed by atoms with Crippen LogP contribution in [0.3, 0.4) is 0 Å². The molecule has 25 heavy (non-hydrogen) atoms. The lowest BCUT2D eigenvalue weighted by molar-refractivity contribution is 0.0789. The van der Waals surface area contributed by atoms with E-state index in [1.165, 1.54) is 5.56 Å². The highest BCUT2D eigenvalue weighted by Gasteiger charge is 2.28. The number of nitrogens with zero attached hydrogens (tertiary/aromatic N) is 3. The molecule has 0 radical (unpaired) electrons. The number of pyridine rings is 1. The summed E-state index contributed by atoms with van der Waals surface area (Å²) in [6.45, 7) is 1.65. The molecule has 1 unspecified atom stereocenters. The maximum Gasteiger partial charge on any atom is 0.257 e. The molecule has 0 saturated carbocycles. The SMILES string of the molecule is O=C(c1cnn2ccccc12)N1CCC(Cc2ccc(CO)cc2)C1. The number of likely N-dealkylation sites (tertiary alicyclic amines) is 1. The first-order valence-corrected chi connectivity index (χ1v) is 8.65. The number of hydrogen-bond donors (Lipinski definition) is 1. The Morgan fingerprint density at radius 2 is 1.96 bits per heavy atom. The van der Waals surface area contributed by atoms with E-state index in [1.807, 2.05) is 41.4 Å². The Bertz CT molecular complexity index is 885. The van der Waals surface area contributed by atoms with Gasteiger partial charge in [0.25, 0.3) is 5.91 Å². The summed E-state index contributed by atoms with van der Waals surface area (Å²) < 4.78 is 1.74. The maximum absolute atomic E-state index is 12.8. The zero-order chi connectivity index (χ0) is 17.2. The van der Waals surface area contributed by atoms with Crippen molar-refractivity contribution in [1.29, 1.82) is 0 Å². The van der Waals surface area contributed by atoms with Crippen LogP contribution < -0.4 is 0 Å². The van der Waals surface area contributed by atoms with Crippen LogP contribution in [0.1, 0.15) is 27.9 Å². The van der Waals surface area contributed by atoms with Crippen LogP contribution >= 0.6 is 0 Å². The minimum atomic E-state index is 0.0688. The van der Waals surface area contributed by atoms with E-state index in [-0.39, 0.29) is 12.5 Å². The summed E-state index contributed by atoms with van der Waals surface area (Å²) in [4.78, 5) is 14.8. The highest BCUT2D eigenvalue weighted by Crippen LogP contribution is 2.24. The molecule has 4 rings (SSSR count). The second kappa shape index (κ2) is 6.69. The van der Waals surface area contributed by atoms with Crippen LogP contribution in [0.15, 0.2) is 54.9 Å². The molecule has 1 atom stereocenters. The Kier molecular flexibility index (Phi) is 4.24. The van der Waals surface area contributed by atoms with Crippen LogP contribution in [-0.2, 0) is 13.0 Å². The Balaban J connectivity index is 1.43. The Morgan fingerprint density at radius 1 is 1.16 bits per heavy atom. The minimum absolute atomic E-state index is 0.0688. The zero-order valence-electron chi connectivity index (χ0n) is 14.0. The number of aliphatic hydroxyl groups is 1. The van der Waals surface area contributed by atoms with Crippen molar-refractivity contribution in [1.82, 2.24) is 14.5 Å². The maximum atomic E-state index is 12.8. The first-order valence-electron chi connectivity index (χ1n) is 8.65. The van der Waals surface area contributed by atoms with Crippen LogP contribution in [0.4, 0.5) is 0 Å². The molecule has 5 nitrogen and oxygen atoms in total. The summed E-state index contributed by atoms with van der Waals surface area (Å²) >= 11 is 0. The number of amides is 1. The predicted molar refractivity (Wildman–Crippen MR) is 95.3 cm³/mol. The molecule has 0 aliphatic carbocycles. The lowest BCUT2D eigenvalue weighted by Gasteiger charge is -2.16. The Labute approximate surface area is 146 Å². The number of rotatable bonds is 4. The van der Waals surface area contributed by atoms with Gasteiger partial charge in [0.15, 0.2) is 0 Å². The van der Waals surface area contributed by atoms with Crippen LogP contribution in [0, 0.1) is 5.92 Å². The fourth-order valence-electron chi connectivity index (χ4n) is 3.57. The summed E-state index contributed by atoms with van der Waals surface area (Å²) in [6, 6.07) is 13.8. The molecule has 1 fully saturated rings.